The predicted molar refractivity (Wildman–Crippen MR) is 83.8 cm³/mol. The Morgan fingerprint density at radius 1 is 1.26 bits per heavy atom. The molecule has 0 aliphatic heterocycles. The summed E-state index contributed by atoms with van der Waals surface area (Å²) in [7, 11) is 1.40. The van der Waals surface area contributed by atoms with E-state index in [2.05, 4.69) is 4.74 Å². The number of hydrogen-bond donors (Lipinski definition) is 0. The number of allylic oxidation sites excluding steroid dienone is 1. The molecular formula is C18H14FNO3. The average molecular weight is 311 g/mol. The molecule has 0 aromatic heterocycles. The summed E-state index contributed by atoms with van der Waals surface area (Å²) in [6, 6.07) is 14.6. The van der Waals surface area contributed by atoms with Crippen molar-refractivity contribution in [2.24, 2.45) is 0 Å². The number of carbonyl (C=O) groups is 1. The van der Waals surface area contributed by atoms with Gasteiger partial charge in [-0.3, -0.25) is 0 Å². The molecule has 0 unspecified atom stereocenters. The van der Waals surface area contributed by atoms with Crippen LogP contribution in [0, 0.1) is 17.1 Å². The van der Waals surface area contributed by atoms with E-state index in [0.717, 1.165) is 0 Å². The van der Waals surface area contributed by atoms with Crippen LogP contribution >= 0.6 is 0 Å². The SMILES string of the molecule is COCC(=O)Oc1cccc(/C=C(/C#N)c2ccccc2F)c1. The first-order valence-electron chi connectivity index (χ1n) is 6.80. The van der Waals surface area contributed by atoms with Crippen molar-refractivity contribution in [2.45, 2.75) is 0 Å². The third-order valence-corrected chi connectivity index (χ3v) is 2.95. The van der Waals surface area contributed by atoms with Crippen molar-refractivity contribution in [3.05, 3.63) is 65.5 Å². The van der Waals surface area contributed by atoms with Gasteiger partial charge in [0.2, 0.25) is 0 Å². The Morgan fingerprint density at radius 3 is 2.74 bits per heavy atom. The third-order valence-electron chi connectivity index (χ3n) is 2.95. The molecule has 2 aromatic rings. The number of rotatable bonds is 5. The zero-order chi connectivity index (χ0) is 16.7. The molecule has 0 aliphatic rings. The molecule has 2 rings (SSSR count). The van der Waals surface area contributed by atoms with Crippen LogP contribution in [0.4, 0.5) is 4.39 Å². The summed E-state index contributed by atoms with van der Waals surface area (Å²) in [5, 5.41) is 9.26. The summed E-state index contributed by atoms with van der Waals surface area (Å²) in [6.07, 6.45) is 1.53. The van der Waals surface area contributed by atoms with E-state index in [1.54, 1.807) is 36.4 Å². The van der Waals surface area contributed by atoms with Crippen LogP contribution in [-0.4, -0.2) is 19.7 Å². The molecule has 0 heterocycles. The maximum atomic E-state index is 13.8. The van der Waals surface area contributed by atoms with Crippen molar-refractivity contribution < 1.29 is 18.7 Å². The molecule has 0 saturated carbocycles. The number of halogens is 1. The van der Waals surface area contributed by atoms with Gasteiger partial charge >= 0.3 is 5.97 Å². The highest BCUT2D eigenvalue weighted by Gasteiger charge is 2.08. The summed E-state index contributed by atoms with van der Waals surface area (Å²) >= 11 is 0. The molecule has 0 fully saturated rings. The van der Waals surface area contributed by atoms with Gasteiger partial charge in [0.15, 0.2) is 0 Å². The van der Waals surface area contributed by atoms with Crippen LogP contribution in [0.2, 0.25) is 0 Å². The standard InChI is InChI=1S/C18H14FNO3/c1-22-12-18(21)23-15-6-4-5-13(10-15)9-14(11-20)16-7-2-3-8-17(16)19/h2-10H,12H2,1H3/b14-9-. The minimum absolute atomic E-state index is 0.154. The van der Waals surface area contributed by atoms with Gasteiger partial charge in [-0.1, -0.05) is 30.3 Å². The first kappa shape index (κ1) is 16.4. The first-order valence-corrected chi connectivity index (χ1v) is 6.80. The summed E-state index contributed by atoms with van der Waals surface area (Å²) in [4.78, 5) is 11.4. The average Bonchev–Trinajstić information content (AvgIpc) is 2.54. The molecule has 116 valence electrons. The molecule has 0 spiro atoms. The normalized spacial score (nSPS) is 10.9. The van der Waals surface area contributed by atoms with Crippen LogP contribution in [0.1, 0.15) is 11.1 Å². The smallest absolute Gasteiger partial charge is 0.337 e. The Bertz CT molecular complexity index is 778. The van der Waals surface area contributed by atoms with Crippen molar-refractivity contribution in [3.8, 4) is 11.8 Å². The molecule has 0 bridgehead atoms. The minimum Gasteiger partial charge on any atom is -0.425 e. The van der Waals surface area contributed by atoms with Crippen molar-refractivity contribution >= 4 is 17.6 Å². The Hall–Kier alpha value is -2.97. The zero-order valence-corrected chi connectivity index (χ0v) is 12.5. The van der Waals surface area contributed by atoms with Crippen LogP contribution in [0.5, 0.6) is 5.75 Å². The summed E-state index contributed by atoms with van der Waals surface area (Å²) in [5.74, 6) is -0.669. The van der Waals surface area contributed by atoms with Crippen molar-refractivity contribution in [2.75, 3.05) is 13.7 Å². The molecule has 0 saturated heterocycles. The summed E-state index contributed by atoms with van der Waals surface area (Å²) in [6.45, 7) is -0.154. The van der Waals surface area contributed by atoms with Gasteiger partial charge < -0.3 is 9.47 Å². The van der Waals surface area contributed by atoms with Crippen molar-refractivity contribution in [1.82, 2.24) is 0 Å². The van der Waals surface area contributed by atoms with Gasteiger partial charge in [-0.25, -0.2) is 9.18 Å². The molecule has 0 radical (unpaired) electrons. The number of methoxy groups -OCH3 is 1. The molecule has 0 aliphatic carbocycles. The summed E-state index contributed by atoms with van der Waals surface area (Å²) < 4.78 is 23.6. The lowest BCUT2D eigenvalue weighted by Crippen LogP contribution is -2.14. The first-order chi connectivity index (χ1) is 11.1. The number of benzene rings is 2. The molecule has 0 N–H and O–H groups in total. The Labute approximate surface area is 133 Å². The van der Waals surface area contributed by atoms with Crippen molar-refractivity contribution in [1.29, 1.82) is 5.26 Å². The number of nitrogens with zero attached hydrogens (tertiary/aromatic N) is 1. The van der Waals surface area contributed by atoms with E-state index < -0.39 is 11.8 Å². The molecule has 0 atom stereocenters. The fraction of sp³-hybridized carbons (Fsp3) is 0.111. The second kappa shape index (κ2) is 7.87. The van der Waals surface area contributed by atoms with E-state index in [0.29, 0.717) is 11.3 Å². The highest BCUT2D eigenvalue weighted by molar-refractivity contribution is 5.90. The molecule has 23 heavy (non-hydrogen) atoms. The number of hydrogen-bond acceptors (Lipinski definition) is 4. The number of carbonyl (C=O) groups excluding carboxylic acids is 1. The van der Waals surface area contributed by atoms with E-state index in [9.17, 15) is 14.4 Å². The van der Waals surface area contributed by atoms with Gasteiger partial charge in [-0.15, -0.1) is 0 Å². The van der Waals surface area contributed by atoms with E-state index in [1.165, 1.54) is 25.3 Å². The predicted octanol–water partition coefficient (Wildman–Crippen LogP) is 3.44. The van der Waals surface area contributed by atoms with Crippen LogP contribution < -0.4 is 4.74 Å². The van der Waals surface area contributed by atoms with Crippen LogP contribution in [-0.2, 0) is 9.53 Å². The lowest BCUT2D eigenvalue weighted by molar-refractivity contribution is -0.138. The van der Waals surface area contributed by atoms with E-state index in [4.69, 9.17) is 4.74 Å². The largest absolute Gasteiger partial charge is 0.425 e. The Balaban J connectivity index is 2.29. The maximum absolute atomic E-state index is 13.8. The third kappa shape index (κ3) is 4.50. The van der Waals surface area contributed by atoms with Crippen molar-refractivity contribution in [3.63, 3.8) is 0 Å². The Kier molecular flexibility index (Phi) is 5.61. The van der Waals surface area contributed by atoms with Gasteiger partial charge in [0.25, 0.3) is 0 Å². The van der Waals surface area contributed by atoms with E-state index >= 15 is 0 Å². The van der Waals surface area contributed by atoms with E-state index in [-0.39, 0.29) is 17.7 Å². The highest BCUT2D eigenvalue weighted by Crippen LogP contribution is 2.22. The monoisotopic (exact) mass is 311 g/mol. The van der Waals surface area contributed by atoms with Gasteiger partial charge in [0.05, 0.1) is 11.6 Å². The molecule has 0 amide bonds. The molecule has 4 nitrogen and oxygen atoms in total. The van der Waals surface area contributed by atoms with Gasteiger partial charge in [0, 0.05) is 12.7 Å². The zero-order valence-electron chi connectivity index (χ0n) is 12.5. The maximum Gasteiger partial charge on any atom is 0.337 e. The minimum atomic E-state index is -0.525. The fourth-order valence-corrected chi connectivity index (χ4v) is 1.96. The Morgan fingerprint density at radius 2 is 2.04 bits per heavy atom. The molecule has 2 aromatic carbocycles. The van der Waals surface area contributed by atoms with Gasteiger partial charge in [-0.05, 0) is 29.8 Å². The van der Waals surface area contributed by atoms with Crippen LogP contribution in [0.15, 0.2) is 48.5 Å². The lowest BCUT2D eigenvalue weighted by atomic mass is 10.0. The van der Waals surface area contributed by atoms with Gasteiger partial charge in [0.1, 0.15) is 18.2 Å². The second-order valence-corrected chi connectivity index (χ2v) is 4.63. The number of nitriles is 1. The quantitative estimate of drug-likeness (QED) is 0.367. The topological polar surface area (TPSA) is 59.3 Å². The summed E-state index contributed by atoms with van der Waals surface area (Å²) in [5.41, 5.74) is 1.02. The van der Waals surface area contributed by atoms with Gasteiger partial charge in [-0.2, -0.15) is 5.26 Å². The fourth-order valence-electron chi connectivity index (χ4n) is 1.96. The second-order valence-electron chi connectivity index (χ2n) is 4.63. The number of esters is 1. The highest BCUT2D eigenvalue weighted by atomic mass is 19.1. The lowest BCUT2D eigenvalue weighted by Gasteiger charge is -2.05. The van der Waals surface area contributed by atoms with Crippen LogP contribution in [0.25, 0.3) is 11.6 Å². The molecular weight excluding hydrogens is 297 g/mol. The molecule has 5 heteroatoms. The van der Waals surface area contributed by atoms with Crippen LogP contribution in [0.3, 0.4) is 0 Å². The number of ether oxygens (including phenoxy) is 2. The van der Waals surface area contributed by atoms with E-state index in [1.807, 2.05) is 6.07 Å².